The maximum atomic E-state index is 12.9. The van der Waals surface area contributed by atoms with Crippen LogP contribution in [0.2, 0.25) is 0 Å². The van der Waals surface area contributed by atoms with Crippen LogP contribution in [-0.2, 0) is 28.6 Å². The highest BCUT2D eigenvalue weighted by Crippen LogP contribution is 2.14. The van der Waals surface area contributed by atoms with Crippen molar-refractivity contribution in [3.63, 3.8) is 0 Å². The van der Waals surface area contributed by atoms with Crippen molar-refractivity contribution in [3.05, 3.63) is 134 Å². The first-order valence-corrected chi connectivity index (χ1v) is 31.2. The maximum absolute atomic E-state index is 12.9. The Labute approximate surface area is 468 Å². The van der Waals surface area contributed by atoms with Gasteiger partial charge in [0.1, 0.15) is 13.2 Å². The third kappa shape index (κ3) is 60.4. The Morgan fingerprint density at radius 3 is 0.868 bits per heavy atom. The van der Waals surface area contributed by atoms with Crippen molar-refractivity contribution in [2.75, 3.05) is 13.2 Å². The van der Waals surface area contributed by atoms with Crippen molar-refractivity contribution in [1.29, 1.82) is 0 Å². The molecule has 0 amide bonds. The molecule has 0 fully saturated rings. The van der Waals surface area contributed by atoms with Gasteiger partial charge in [-0.3, -0.25) is 14.4 Å². The zero-order valence-corrected chi connectivity index (χ0v) is 49.2. The smallest absolute Gasteiger partial charge is 0.306 e. The van der Waals surface area contributed by atoms with E-state index in [4.69, 9.17) is 14.2 Å². The van der Waals surface area contributed by atoms with E-state index in [1.54, 1.807) is 0 Å². The molecule has 1 unspecified atom stereocenters. The topological polar surface area (TPSA) is 78.9 Å². The molecule has 0 aliphatic rings. The monoisotopic (exact) mass is 1050 g/mol. The van der Waals surface area contributed by atoms with Crippen molar-refractivity contribution >= 4 is 17.9 Å². The Morgan fingerprint density at radius 2 is 0.526 bits per heavy atom. The average molecular weight is 1050 g/mol. The van der Waals surface area contributed by atoms with Gasteiger partial charge < -0.3 is 14.2 Å². The molecule has 0 saturated heterocycles. The fourth-order valence-electron chi connectivity index (χ4n) is 8.20. The second-order valence-corrected chi connectivity index (χ2v) is 20.2. The average Bonchev–Trinajstić information content (AvgIpc) is 3.42. The summed E-state index contributed by atoms with van der Waals surface area (Å²) in [4.78, 5) is 38.3. The van der Waals surface area contributed by atoms with Gasteiger partial charge in [-0.15, -0.1) is 0 Å². The summed E-state index contributed by atoms with van der Waals surface area (Å²) in [5, 5.41) is 0. The predicted octanol–water partition coefficient (Wildman–Crippen LogP) is 21.4. The van der Waals surface area contributed by atoms with Crippen LogP contribution in [0.5, 0.6) is 0 Å². The lowest BCUT2D eigenvalue weighted by Gasteiger charge is -2.18. The predicted molar refractivity (Wildman–Crippen MR) is 329 cm³/mol. The summed E-state index contributed by atoms with van der Waals surface area (Å²) >= 11 is 0. The van der Waals surface area contributed by atoms with Crippen molar-refractivity contribution in [2.45, 2.75) is 277 Å². The fraction of sp³-hybridized carbons (Fsp3) is 0.643. The summed E-state index contributed by atoms with van der Waals surface area (Å²) in [5.41, 5.74) is 0. The number of allylic oxidation sites excluding steroid dienone is 22. The van der Waals surface area contributed by atoms with Crippen LogP contribution < -0.4 is 0 Å². The van der Waals surface area contributed by atoms with E-state index >= 15 is 0 Å². The van der Waals surface area contributed by atoms with Crippen molar-refractivity contribution < 1.29 is 28.6 Å². The van der Waals surface area contributed by atoms with Crippen LogP contribution in [0.4, 0.5) is 0 Å². The van der Waals surface area contributed by atoms with Gasteiger partial charge in [-0.1, -0.05) is 251 Å². The molecule has 76 heavy (non-hydrogen) atoms. The van der Waals surface area contributed by atoms with E-state index in [9.17, 15) is 14.4 Å². The first-order chi connectivity index (χ1) is 37.5. The lowest BCUT2D eigenvalue weighted by atomic mass is 10.1. The summed E-state index contributed by atoms with van der Waals surface area (Å²) in [5.74, 6) is -0.992. The lowest BCUT2D eigenvalue weighted by molar-refractivity contribution is -0.167. The number of rotatable bonds is 55. The zero-order valence-electron chi connectivity index (χ0n) is 49.2. The van der Waals surface area contributed by atoms with Gasteiger partial charge in [0, 0.05) is 19.3 Å². The summed E-state index contributed by atoms with van der Waals surface area (Å²) in [6, 6.07) is 0. The van der Waals surface area contributed by atoms with Crippen molar-refractivity contribution in [2.24, 2.45) is 0 Å². The molecule has 0 aromatic carbocycles. The van der Waals surface area contributed by atoms with Crippen LogP contribution in [0.15, 0.2) is 134 Å². The third-order valence-electron chi connectivity index (χ3n) is 12.9. The van der Waals surface area contributed by atoms with E-state index in [0.717, 1.165) is 128 Å². The normalized spacial score (nSPS) is 13.0. The Hall–Kier alpha value is -4.45. The van der Waals surface area contributed by atoms with Gasteiger partial charge in [-0.25, -0.2) is 0 Å². The Balaban J connectivity index is 4.52. The lowest BCUT2D eigenvalue weighted by Crippen LogP contribution is -2.30. The summed E-state index contributed by atoms with van der Waals surface area (Å²) in [6.07, 6.45) is 88.8. The molecule has 0 spiro atoms. The molecule has 0 heterocycles. The van der Waals surface area contributed by atoms with Crippen molar-refractivity contribution in [3.8, 4) is 0 Å². The number of unbranched alkanes of at least 4 members (excludes halogenated alkanes) is 22. The summed E-state index contributed by atoms with van der Waals surface area (Å²) in [6.45, 7) is 6.44. The van der Waals surface area contributed by atoms with Crippen LogP contribution in [0, 0.1) is 0 Å². The molecular weight excluding hydrogens is 937 g/mol. The minimum Gasteiger partial charge on any atom is -0.462 e. The van der Waals surface area contributed by atoms with Crippen LogP contribution in [0.25, 0.3) is 0 Å². The second-order valence-electron chi connectivity index (χ2n) is 20.2. The molecule has 0 aliphatic heterocycles. The van der Waals surface area contributed by atoms with E-state index < -0.39 is 6.10 Å². The van der Waals surface area contributed by atoms with Gasteiger partial charge in [0.15, 0.2) is 6.10 Å². The van der Waals surface area contributed by atoms with Gasteiger partial charge in [-0.05, 0) is 135 Å². The standard InChI is InChI=1S/C70H114O6/c1-4-7-10-13-16-19-22-25-28-30-32-34-35-37-38-40-42-45-48-51-54-57-60-63-69(72)75-66-67(65-74-68(71)62-59-56-53-50-47-44-27-24-21-18-15-12-9-6-3)76-70(73)64-61-58-55-52-49-46-43-41-39-36-33-31-29-26-23-20-17-14-11-8-5-2/h7,10,16,19,23-28,31-34,37-39,41-42,45,51,54,67H,4-6,8-9,11-15,17-18,20-22,29-30,35-36,40,43-44,46-50,52-53,55-66H2,1-3H3/b10-7-,19-16-,26-23-,27-24-,28-25-,33-31-,34-32-,38-37-,41-39-,45-42-,54-51-. The minimum absolute atomic E-state index is 0.110. The molecule has 6 heteroatoms. The SMILES string of the molecule is CC/C=C\C/C=C\C/C=C\C/C=C\C/C=C\C/C=C\C/C=C\CCCC(=O)OCC(COC(=O)CCCCCCC/C=C\CCCCCCC)OC(=O)CCCCCCCC/C=C\C/C=C\C/C=C\CCCCCCC. The van der Waals surface area contributed by atoms with Crippen LogP contribution in [0.1, 0.15) is 271 Å². The number of ether oxygens (including phenoxy) is 3. The number of carbonyl (C=O) groups is 3. The van der Waals surface area contributed by atoms with E-state index in [1.807, 2.05) is 0 Å². The van der Waals surface area contributed by atoms with Gasteiger partial charge in [0.05, 0.1) is 0 Å². The largest absolute Gasteiger partial charge is 0.462 e. The molecule has 0 bridgehead atoms. The van der Waals surface area contributed by atoms with Crippen LogP contribution in [0.3, 0.4) is 0 Å². The Morgan fingerprint density at radius 1 is 0.276 bits per heavy atom. The fourth-order valence-corrected chi connectivity index (χ4v) is 8.20. The van der Waals surface area contributed by atoms with Crippen LogP contribution >= 0.6 is 0 Å². The van der Waals surface area contributed by atoms with Gasteiger partial charge >= 0.3 is 17.9 Å². The van der Waals surface area contributed by atoms with E-state index in [2.05, 4.69) is 154 Å². The molecule has 0 saturated carbocycles. The highest BCUT2D eigenvalue weighted by molar-refractivity contribution is 5.71. The molecule has 0 radical (unpaired) electrons. The zero-order chi connectivity index (χ0) is 55.0. The molecule has 0 aromatic heterocycles. The maximum Gasteiger partial charge on any atom is 0.306 e. The number of hydrogen-bond donors (Lipinski definition) is 0. The highest BCUT2D eigenvalue weighted by atomic mass is 16.6. The second kappa shape index (κ2) is 63.1. The van der Waals surface area contributed by atoms with E-state index in [0.29, 0.717) is 19.3 Å². The van der Waals surface area contributed by atoms with Gasteiger partial charge in [0.2, 0.25) is 0 Å². The molecule has 0 N–H and O–H groups in total. The minimum atomic E-state index is -0.818. The van der Waals surface area contributed by atoms with Gasteiger partial charge in [0.25, 0.3) is 0 Å². The molecule has 430 valence electrons. The number of esters is 3. The van der Waals surface area contributed by atoms with Gasteiger partial charge in [-0.2, -0.15) is 0 Å². The summed E-state index contributed by atoms with van der Waals surface area (Å²) in [7, 11) is 0. The van der Waals surface area contributed by atoms with Crippen LogP contribution in [-0.4, -0.2) is 37.2 Å². The highest BCUT2D eigenvalue weighted by Gasteiger charge is 2.19. The molecule has 0 aliphatic carbocycles. The molecule has 0 aromatic rings. The Bertz CT molecular complexity index is 1630. The quantitative estimate of drug-likeness (QED) is 0.0261. The van der Waals surface area contributed by atoms with E-state index in [1.165, 1.54) is 96.3 Å². The summed E-state index contributed by atoms with van der Waals surface area (Å²) < 4.78 is 16.8. The third-order valence-corrected chi connectivity index (χ3v) is 12.9. The van der Waals surface area contributed by atoms with E-state index in [-0.39, 0.29) is 37.5 Å². The first kappa shape index (κ1) is 71.5. The number of carbonyl (C=O) groups excluding carboxylic acids is 3. The molecule has 1 atom stereocenters. The first-order valence-electron chi connectivity index (χ1n) is 31.2. The Kier molecular flexibility index (Phi) is 59.4. The molecule has 0 rings (SSSR count). The van der Waals surface area contributed by atoms with Crippen molar-refractivity contribution in [1.82, 2.24) is 0 Å². The molecular formula is C70H114O6. The molecule has 6 nitrogen and oxygen atoms in total. The number of hydrogen-bond acceptors (Lipinski definition) is 6.